The highest BCUT2D eigenvalue weighted by Gasteiger charge is 2.17. The summed E-state index contributed by atoms with van der Waals surface area (Å²) in [6.45, 7) is 10.3. The predicted octanol–water partition coefficient (Wildman–Crippen LogP) is 4.86. The number of carboxylic acid groups (broad SMARTS) is 1. The number of benzene rings is 1. The van der Waals surface area contributed by atoms with Crippen LogP contribution >= 0.6 is 11.3 Å². The molecule has 0 bridgehead atoms. The van der Waals surface area contributed by atoms with Crippen molar-refractivity contribution in [3.8, 4) is 11.3 Å². The van der Waals surface area contributed by atoms with Gasteiger partial charge in [-0.3, -0.25) is 9.59 Å². The summed E-state index contributed by atoms with van der Waals surface area (Å²) in [5, 5.41) is 12.1. The smallest absolute Gasteiger partial charge is 0.303 e. The number of aromatic nitrogens is 1. The summed E-state index contributed by atoms with van der Waals surface area (Å²) in [6, 6.07) is 8.34. The zero-order valence-electron chi connectivity index (χ0n) is 15.9. The minimum Gasteiger partial charge on any atom is -0.481 e. The molecule has 0 aliphatic rings. The third-order valence-electron chi connectivity index (χ3n) is 4.12. The van der Waals surface area contributed by atoms with Gasteiger partial charge in [0.2, 0.25) is 5.91 Å². The maximum atomic E-state index is 12.1. The normalized spacial score (nSPS) is 12.7. The Hall–Kier alpha value is -2.21. The number of thiazole rings is 1. The van der Waals surface area contributed by atoms with Gasteiger partial charge in [-0.2, -0.15) is 0 Å². The highest BCUT2D eigenvalue weighted by Crippen LogP contribution is 2.32. The lowest BCUT2D eigenvalue weighted by atomic mass is 9.86. The van der Waals surface area contributed by atoms with Crippen molar-refractivity contribution in [2.24, 2.45) is 5.92 Å². The molecule has 1 aromatic heterocycles. The first-order valence-electron chi connectivity index (χ1n) is 8.66. The van der Waals surface area contributed by atoms with Gasteiger partial charge in [-0.15, -0.1) is 11.3 Å². The van der Waals surface area contributed by atoms with Crippen LogP contribution in [-0.4, -0.2) is 22.0 Å². The zero-order valence-corrected chi connectivity index (χ0v) is 16.7. The van der Waals surface area contributed by atoms with Gasteiger partial charge in [0.15, 0.2) is 5.13 Å². The summed E-state index contributed by atoms with van der Waals surface area (Å²) >= 11 is 1.43. The largest absolute Gasteiger partial charge is 0.481 e. The van der Waals surface area contributed by atoms with Crippen LogP contribution in [0.2, 0.25) is 0 Å². The van der Waals surface area contributed by atoms with E-state index in [4.69, 9.17) is 5.11 Å². The average molecular weight is 375 g/mol. The number of nitrogens with one attached hydrogen (secondary N) is 1. The van der Waals surface area contributed by atoms with E-state index in [1.165, 1.54) is 16.9 Å². The first kappa shape index (κ1) is 20.1. The molecule has 0 spiro atoms. The molecule has 0 aliphatic heterocycles. The Kier molecular flexibility index (Phi) is 6.18. The van der Waals surface area contributed by atoms with E-state index in [1.54, 1.807) is 6.92 Å². The molecule has 1 heterocycles. The summed E-state index contributed by atoms with van der Waals surface area (Å²) in [6.07, 6.45) is 0.149. The molecule has 0 radical (unpaired) electrons. The van der Waals surface area contributed by atoms with Crippen LogP contribution in [0.15, 0.2) is 24.3 Å². The molecule has 1 aromatic carbocycles. The Bertz CT molecular complexity index is 788. The van der Waals surface area contributed by atoms with Crippen molar-refractivity contribution >= 4 is 28.3 Å². The molecule has 0 saturated heterocycles. The maximum Gasteiger partial charge on any atom is 0.303 e. The van der Waals surface area contributed by atoms with E-state index in [9.17, 15) is 9.59 Å². The van der Waals surface area contributed by atoms with Gasteiger partial charge < -0.3 is 10.4 Å². The molecule has 2 aromatic rings. The van der Waals surface area contributed by atoms with Gasteiger partial charge >= 0.3 is 5.97 Å². The molecule has 2 N–H and O–H groups in total. The summed E-state index contributed by atoms with van der Waals surface area (Å²) < 4.78 is 0. The number of rotatable bonds is 6. The van der Waals surface area contributed by atoms with Crippen LogP contribution in [0.4, 0.5) is 5.13 Å². The van der Waals surface area contributed by atoms with Crippen molar-refractivity contribution in [3.63, 3.8) is 0 Å². The van der Waals surface area contributed by atoms with Gasteiger partial charge in [-0.05, 0) is 23.8 Å². The van der Waals surface area contributed by atoms with Gasteiger partial charge in [-0.1, -0.05) is 52.0 Å². The minimum atomic E-state index is -0.892. The predicted molar refractivity (Wildman–Crippen MR) is 106 cm³/mol. The summed E-state index contributed by atoms with van der Waals surface area (Å²) in [4.78, 5) is 28.4. The van der Waals surface area contributed by atoms with E-state index >= 15 is 0 Å². The molecule has 5 nitrogen and oxygen atoms in total. The van der Waals surface area contributed by atoms with Crippen molar-refractivity contribution in [2.45, 2.75) is 52.9 Å². The van der Waals surface area contributed by atoms with Gasteiger partial charge in [0.05, 0.1) is 5.69 Å². The van der Waals surface area contributed by atoms with Gasteiger partial charge in [-0.25, -0.2) is 4.98 Å². The first-order valence-corrected chi connectivity index (χ1v) is 9.48. The summed E-state index contributed by atoms with van der Waals surface area (Å²) in [5.41, 5.74) is 3.24. The lowest BCUT2D eigenvalue weighted by Gasteiger charge is -2.19. The van der Waals surface area contributed by atoms with Gasteiger partial charge in [0.1, 0.15) is 0 Å². The maximum absolute atomic E-state index is 12.1. The van der Waals surface area contributed by atoms with E-state index in [2.05, 4.69) is 55.3 Å². The lowest BCUT2D eigenvalue weighted by molar-refractivity contribution is -0.138. The fourth-order valence-corrected chi connectivity index (χ4v) is 3.55. The number of aliphatic carboxylic acids is 1. The Labute approximate surface area is 158 Å². The second-order valence-corrected chi connectivity index (χ2v) is 8.91. The number of nitrogens with zero attached hydrogens (tertiary/aromatic N) is 1. The molecule has 26 heavy (non-hydrogen) atoms. The van der Waals surface area contributed by atoms with Crippen molar-refractivity contribution in [1.82, 2.24) is 4.98 Å². The van der Waals surface area contributed by atoms with E-state index in [0.29, 0.717) is 5.13 Å². The van der Waals surface area contributed by atoms with E-state index in [1.807, 2.05) is 6.92 Å². The molecule has 0 aliphatic carbocycles. The molecule has 0 unspecified atom stereocenters. The molecule has 1 amide bonds. The molecule has 0 fully saturated rings. The number of hydrogen-bond donors (Lipinski definition) is 2. The molecule has 1 atom stereocenters. The van der Waals surface area contributed by atoms with E-state index in [0.717, 1.165) is 16.1 Å². The number of carbonyl (C=O) groups is 2. The summed E-state index contributed by atoms with van der Waals surface area (Å²) in [5.74, 6) is -1.31. The zero-order chi connectivity index (χ0) is 19.5. The fourth-order valence-electron chi connectivity index (χ4n) is 2.70. The Morgan fingerprint density at radius 3 is 2.35 bits per heavy atom. The topological polar surface area (TPSA) is 79.3 Å². The van der Waals surface area contributed by atoms with Gasteiger partial charge in [0.25, 0.3) is 0 Å². The Balaban J connectivity index is 2.09. The van der Waals surface area contributed by atoms with Crippen LogP contribution in [-0.2, 0) is 15.0 Å². The van der Waals surface area contributed by atoms with Crippen molar-refractivity contribution in [2.75, 3.05) is 5.32 Å². The third-order valence-corrected chi connectivity index (χ3v) is 5.01. The monoisotopic (exact) mass is 374 g/mol. The molecule has 0 saturated carbocycles. The van der Waals surface area contributed by atoms with Crippen LogP contribution in [0.3, 0.4) is 0 Å². The molecule has 2 rings (SSSR count). The number of amides is 1. The number of aryl methyl sites for hydroxylation is 1. The second kappa shape index (κ2) is 7.99. The lowest BCUT2D eigenvalue weighted by Crippen LogP contribution is -2.16. The van der Waals surface area contributed by atoms with E-state index in [-0.39, 0.29) is 30.1 Å². The minimum absolute atomic E-state index is 0.0182. The number of anilines is 1. The molecule has 140 valence electrons. The quantitative estimate of drug-likeness (QED) is 0.757. The van der Waals surface area contributed by atoms with Crippen LogP contribution in [0.1, 0.15) is 51.0 Å². The molecular formula is C20H26N2O3S. The summed E-state index contributed by atoms with van der Waals surface area (Å²) in [7, 11) is 0. The third kappa shape index (κ3) is 5.39. The van der Waals surface area contributed by atoms with Crippen molar-refractivity contribution < 1.29 is 14.7 Å². The number of carboxylic acids is 1. The highest BCUT2D eigenvalue weighted by atomic mass is 32.1. The molecule has 6 heteroatoms. The van der Waals surface area contributed by atoms with E-state index < -0.39 is 5.97 Å². The van der Waals surface area contributed by atoms with Crippen LogP contribution in [0.25, 0.3) is 11.3 Å². The molecular weight excluding hydrogens is 348 g/mol. The Morgan fingerprint density at radius 1 is 1.19 bits per heavy atom. The standard InChI is InChI=1S/C20H26N2O3S/c1-12(11-17(24)25)10-16(23)21-19-22-18(13(2)26-19)14-6-8-15(9-7-14)20(3,4)5/h6-9,12H,10-11H2,1-5H3,(H,24,25)(H,21,22,23)/t12-/m1/s1. The first-order chi connectivity index (χ1) is 12.1. The van der Waals surface area contributed by atoms with Crippen molar-refractivity contribution in [1.29, 1.82) is 0 Å². The van der Waals surface area contributed by atoms with Crippen LogP contribution < -0.4 is 5.32 Å². The SMILES string of the molecule is Cc1sc(NC(=O)C[C@@H](C)CC(=O)O)nc1-c1ccc(C(C)(C)C)cc1. The second-order valence-electron chi connectivity index (χ2n) is 7.71. The van der Waals surface area contributed by atoms with Crippen molar-refractivity contribution in [3.05, 3.63) is 34.7 Å². The van der Waals surface area contributed by atoms with Crippen LogP contribution in [0, 0.1) is 12.8 Å². The fraction of sp³-hybridized carbons (Fsp3) is 0.450. The van der Waals surface area contributed by atoms with Crippen LogP contribution in [0.5, 0.6) is 0 Å². The average Bonchev–Trinajstić information content (AvgIpc) is 2.85. The van der Waals surface area contributed by atoms with Gasteiger partial charge in [0, 0.05) is 23.3 Å². The number of hydrogen-bond acceptors (Lipinski definition) is 4. The Morgan fingerprint density at radius 2 is 1.81 bits per heavy atom. The highest BCUT2D eigenvalue weighted by molar-refractivity contribution is 7.16. The number of carbonyl (C=O) groups excluding carboxylic acids is 1.